The Balaban J connectivity index is 4.02. The number of hydrogen-bond donors (Lipinski definition) is 2. The van der Waals surface area contributed by atoms with E-state index in [2.05, 4.69) is 24.2 Å². The van der Waals surface area contributed by atoms with E-state index in [-0.39, 0.29) is 6.04 Å². The standard InChI is InChI=1S/C10H23N3O/c1-5-12-10(11)13-9(8(3)4)7-14-6-2/h8-9H,5-7H2,1-4H3,(H3,11,12,13). The van der Waals surface area contributed by atoms with Crippen molar-refractivity contribution in [3.05, 3.63) is 0 Å². The van der Waals surface area contributed by atoms with Gasteiger partial charge >= 0.3 is 0 Å². The van der Waals surface area contributed by atoms with E-state index in [0.29, 0.717) is 25.0 Å². The number of nitrogens with zero attached hydrogens (tertiary/aromatic N) is 1. The molecule has 0 amide bonds. The Bertz CT molecular complexity index is 169. The van der Waals surface area contributed by atoms with Gasteiger partial charge in [0.25, 0.3) is 0 Å². The Morgan fingerprint density at radius 1 is 1.43 bits per heavy atom. The Morgan fingerprint density at radius 2 is 2.07 bits per heavy atom. The summed E-state index contributed by atoms with van der Waals surface area (Å²) in [4.78, 5) is 4.08. The van der Waals surface area contributed by atoms with Crippen LogP contribution in [0.5, 0.6) is 0 Å². The molecule has 0 radical (unpaired) electrons. The molecule has 4 nitrogen and oxygen atoms in total. The van der Waals surface area contributed by atoms with Crippen LogP contribution in [-0.4, -0.2) is 31.8 Å². The molecule has 0 aromatic rings. The van der Waals surface area contributed by atoms with Gasteiger partial charge in [0.15, 0.2) is 5.96 Å². The monoisotopic (exact) mass is 201 g/mol. The second-order valence-electron chi connectivity index (χ2n) is 3.51. The van der Waals surface area contributed by atoms with Gasteiger partial charge in [0.1, 0.15) is 0 Å². The summed E-state index contributed by atoms with van der Waals surface area (Å²) in [5, 5.41) is 3.15. The van der Waals surface area contributed by atoms with Crippen molar-refractivity contribution in [2.75, 3.05) is 19.8 Å². The van der Waals surface area contributed by atoms with E-state index in [4.69, 9.17) is 10.5 Å². The van der Waals surface area contributed by atoms with E-state index in [0.717, 1.165) is 6.61 Å². The van der Waals surface area contributed by atoms with Crippen molar-refractivity contribution in [1.82, 2.24) is 5.32 Å². The van der Waals surface area contributed by atoms with Gasteiger partial charge in [-0.2, -0.15) is 0 Å². The lowest BCUT2D eigenvalue weighted by Crippen LogP contribution is -2.45. The molecule has 1 unspecified atom stereocenters. The minimum atomic E-state index is 0.241. The number of hydrogen-bond acceptors (Lipinski definition) is 2. The molecule has 0 aliphatic carbocycles. The van der Waals surface area contributed by atoms with Crippen molar-refractivity contribution in [1.29, 1.82) is 0 Å². The van der Waals surface area contributed by atoms with Crippen LogP contribution in [0, 0.1) is 5.92 Å². The summed E-state index contributed by atoms with van der Waals surface area (Å²) < 4.78 is 5.36. The molecule has 0 saturated heterocycles. The molecule has 0 aliphatic heterocycles. The zero-order valence-corrected chi connectivity index (χ0v) is 9.71. The molecule has 0 spiro atoms. The molecule has 0 aromatic heterocycles. The third-order valence-electron chi connectivity index (χ3n) is 1.97. The second kappa shape index (κ2) is 7.62. The molecule has 3 N–H and O–H groups in total. The predicted octanol–water partition coefficient (Wildman–Crippen LogP) is 0.972. The third kappa shape index (κ3) is 5.80. The van der Waals surface area contributed by atoms with Crippen LogP contribution in [0.4, 0.5) is 0 Å². The molecule has 0 aromatic carbocycles. The SMILES string of the molecule is CCN=C(N)NC(COCC)C(C)C. The fraction of sp³-hybridized carbons (Fsp3) is 0.900. The summed E-state index contributed by atoms with van der Waals surface area (Å²) in [6, 6.07) is 0.241. The maximum absolute atomic E-state index is 5.68. The van der Waals surface area contributed by atoms with Gasteiger partial charge in [0.2, 0.25) is 0 Å². The normalized spacial score (nSPS) is 14.5. The highest BCUT2D eigenvalue weighted by Crippen LogP contribution is 2.01. The molecular weight excluding hydrogens is 178 g/mol. The summed E-state index contributed by atoms with van der Waals surface area (Å²) in [6.07, 6.45) is 0. The van der Waals surface area contributed by atoms with Crippen LogP contribution in [-0.2, 0) is 4.74 Å². The summed E-state index contributed by atoms with van der Waals surface area (Å²) >= 11 is 0. The molecule has 0 rings (SSSR count). The van der Waals surface area contributed by atoms with E-state index in [1.165, 1.54) is 0 Å². The maximum atomic E-state index is 5.68. The molecule has 84 valence electrons. The van der Waals surface area contributed by atoms with Gasteiger partial charge in [0.05, 0.1) is 12.6 Å². The first-order chi connectivity index (χ1) is 6.61. The van der Waals surface area contributed by atoms with E-state index in [1.807, 2.05) is 13.8 Å². The zero-order valence-electron chi connectivity index (χ0n) is 9.71. The highest BCUT2D eigenvalue weighted by Gasteiger charge is 2.13. The number of guanidine groups is 1. The summed E-state index contributed by atoms with van der Waals surface area (Å²) in [5.41, 5.74) is 5.68. The van der Waals surface area contributed by atoms with Gasteiger partial charge in [-0.25, -0.2) is 0 Å². The minimum Gasteiger partial charge on any atom is -0.380 e. The quantitative estimate of drug-likeness (QED) is 0.497. The lowest BCUT2D eigenvalue weighted by Gasteiger charge is -2.22. The first-order valence-electron chi connectivity index (χ1n) is 5.26. The minimum absolute atomic E-state index is 0.241. The molecule has 14 heavy (non-hydrogen) atoms. The average Bonchev–Trinajstić information content (AvgIpc) is 2.12. The molecular formula is C10H23N3O. The van der Waals surface area contributed by atoms with Gasteiger partial charge in [-0.05, 0) is 19.8 Å². The van der Waals surface area contributed by atoms with Crippen LogP contribution >= 0.6 is 0 Å². The first-order valence-corrected chi connectivity index (χ1v) is 5.26. The third-order valence-corrected chi connectivity index (χ3v) is 1.97. The van der Waals surface area contributed by atoms with Gasteiger partial charge in [-0.15, -0.1) is 0 Å². The van der Waals surface area contributed by atoms with Crippen LogP contribution in [0.2, 0.25) is 0 Å². The molecule has 4 heteroatoms. The van der Waals surface area contributed by atoms with Crippen LogP contribution in [0.15, 0.2) is 4.99 Å². The van der Waals surface area contributed by atoms with E-state index in [1.54, 1.807) is 0 Å². The highest BCUT2D eigenvalue weighted by molar-refractivity contribution is 5.78. The Hall–Kier alpha value is -0.770. The van der Waals surface area contributed by atoms with Gasteiger partial charge in [0, 0.05) is 13.2 Å². The van der Waals surface area contributed by atoms with Crippen LogP contribution in [0.1, 0.15) is 27.7 Å². The molecule has 0 heterocycles. The average molecular weight is 201 g/mol. The number of nitrogens with one attached hydrogen (secondary N) is 1. The van der Waals surface area contributed by atoms with Gasteiger partial charge in [-0.1, -0.05) is 13.8 Å². The number of ether oxygens (including phenoxy) is 1. The number of rotatable bonds is 6. The summed E-state index contributed by atoms with van der Waals surface area (Å²) in [6.45, 7) is 10.3. The predicted molar refractivity (Wildman–Crippen MR) is 60.4 cm³/mol. The molecule has 0 fully saturated rings. The van der Waals surface area contributed by atoms with Crippen LogP contribution in [0.3, 0.4) is 0 Å². The van der Waals surface area contributed by atoms with Crippen molar-refractivity contribution in [2.24, 2.45) is 16.6 Å². The fourth-order valence-electron chi connectivity index (χ4n) is 1.05. The van der Waals surface area contributed by atoms with Crippen molar-refractivity contribution in [3.63, 3.8) is 0 Å². The summed E-state index contributed by atoms with van der Waals surface area (Å²) in [7, 11) is 0. The van der Waals surface area contributed by atoms with Crippen molar-refractivity contribution < 1.29 is 4.74 Å². The maximum Gasteiger partial charge on any atom is 0.188 e. The zero-order chi connectivity index (χ0) is 11.0. The smallest absolute Gasteiger partial charge is 0.188 e. The Labute approximate surface area is 86.9 Å². The van der Waals surface area contributed by atoms with Gasteiger partial charge < -0.3 is 15.8 Å². The Kier molecular flexibility index (Phi) is 7.20. The number of nitrogens with two attached hydrogens (primary N) is 1. The van der Waals surface area contributed by atoms with E-state index in [9.17, 15) is 0 Å². The molecule has 1 atom stereocenters. The van der Waals surface area contributed by atoms with Gasteiger partial charge in [-0.3, -0.25) is 4.99 Å². The summed E-state index contributed by atoms with van der Waals surface area (Å²) in [5.74, 6) is 0.984. The topological polar surface area (TPSA) is 59.6 Å². The molecule has 0 bridgehead atoms. The molecule has 0 aliphatic rings. The van der Waals surface area contributed by atoms with E-state index < -0.39 is 0 Å². The fourth-order valence-corrected chi connectivity index (χ4v) is 1.05. The molecule has 0 saturated carbocycles. The lowest BCUT2D eigenvalue weighted by molar-refractivity contribution is 0.115. The van der Waals surface area contributed by atoms with Crippen LogP contribution < -0.4 is 11.1 Å². The van der Waals surface area contributed by atoms with E-state index >= 15 is 0 Å². The van der Waals surface area contributed by atoms with Crippen molar-refractivity contribution in [3.8, 4) is 0 Å². The first kappa shape index (κ1) is 13.2. The van der Waals surface area contributed by atoms with Crippen LogP contribution in [0.25, 0.3) is 0 Å². The van der Waals surface area contributed by atoms with Crippen molar-refractivity contribution in [2.45, 2.75) is 33.7 Å². The number of aliphatic imine (C=N–C) groups is 1. The lowest BCUT2D eigenvalue weighted by atomic mass is 10.1. The largest absolute Gasteiger partial charge is 0.380 e. The Morgan fingerprint density at radius 3 is 2.50 bits per heavy atom. The highest BCUT2D eigenvalue weighted by atomic mass is 16.5. The second-order valence-corrected chi connectivity index (χ2v) is 3.51. The van der Waals surface area contributed by atoms with Crippen molar-refractivity contribution >= 4 is 5.96 Å².